The number of hydrogen-bond acceptors (Lipinski definition) is 7. The molecule has 0 bridgehead atoms. The Labute approximate surface area is 202 Å². The van der Waals surface area contributed by atoms with E-state index in [2.05, 4.69) is 29.0 Å². The molecule has 1 fully saturated rings. The molecule has 0 saturated carbocycles. The first-order chi connectivity index (χ1) is 16.0. The zero-order chi connectivity index (χ0) is 23.4. The molecule has 174 valence electrons. The standard InChI is InChI=1S/C24H28N4O3S2/c1-4-31-24(30)28-13-11-27(12-14-28)21(18-7-9-25-10-8-18)20-16(2)17(3)33-23(20)26-22(29)19-6-5-15-32-19/h5-10,15,21H,4,11-14H2,1-3H3,(H,26,29)/t21-/m0/s1. The van der Waals surface area contributed by atoms with Crippen molar-refractivity contribution in [3.8, 4) is 0 Å². The Morgan fingerprint density at radius 2 is 1.88 bits per heavy atom. The van der Waals surface area contributed by atoms with E-state index in [0.29, 0.717) is 37.7 Å². The van der Waals surface area contributed by atoms with Gasteiger partial charge in [0.15, 0.2) is 0 Å². The lowest BCUT2D eigenvalue weighted by Crippen LogP contribution is -2.50. The first kappa shape index (κ1) is 23.4. The van der Waals surface area contributed by atoms with Gasteiger partial charge in [0.25, 0.3) is 5.91 Å². The number of piperazine rings is 1. The Morgan fingerprint density at radius 3 is 2.52 bits per heavy atom. The minimum absolute atomic E-state index is 0.0547. The van der Waals surface area contributed by atoms with E-state index in [9.17, 15) is 9.59 Å². The predicted molar refractivity (Wildman–Crippen MR) is 132 cm³/mol. The molecule has 4 rings (SSSR count). The van der Waals surface area contributed by atoms with Gasteiger partial charge in [-0.05, 0) is 55.5 Å². The number of nitrogens with one attached hydrogen (secondary N) is 1. The first-order valence-electron chi connectivity index (χ1n) is 11.0. The third-order valence-corrected chi connectivity index (χ3v) is 7.91. The van der Waals surface area contributed by atoms with E-state index in [4.69, 9.17) is 4.74 Å². The zero-order valence-corrected chi connectivity index (χ0v) is 20.7. The molecule has 0 radical (unpaired) electrons. The summed E-state index contributed by atoms with van der Waals surface area (Å²) in [5, 5.41) is 5.95. The maximum absolute atomic E-state index is 12.9. The van der Waals surface area contributed by atoms with E-state index >= 15 is 0 Å². The maximum Gasteiger partial charge on any atom is 0.409 e. The summed E-state index contributed by atoms with van der Waals surface area (Å²) in [6.07, 6.45) is 3.34. The highest BCUT2D eigenvalue weighted by molar-refractivity contribution is 7.17. The van der Waals surface area contributed by atoms with Crippen LogP contribution in [0, 0.1) is 13.8 Å². The number of aromatic nitrogens is 1. The fourth-order valence-electron chi connectivity index (χ4n) is 4.12. The van der Waals surface area contributed by atoms with E-state index in [1.807, 2.05) is 36.6 Å². The van der Waals surface area contributed by atoms with Crippen LogP contribution in [0.25, 0.3) is 0 Å². The number of ether oxygens (including phenoxy) is 1. The molecule has 0 aromatic carbocycles. The summed E-state index contributed by atoms with van der Waals surface area (Å²) in [4.78, 5) is 35.3. The zero-order valence-electron chi connectivity index (χ0n) is 19.0. The van der Waals surface area contributed by atoms with Crippen molar-refractivity contribution in [1.82, 2.24) is 14.8 Å². The van der Waals surface area contributed by atoms with Gasteiger partial charge in [0.2, 0.25) is 0 Å². The van der Waals surface area contributed by atoms with Gasteiger partial charge in [0.1, 0.15) is 5.00 Å². The number of carbonyl (C=O) groups excluding carboxylic acids is 2. The predicted octanol–water partition coefficient (Wildman–Crippen LogP) is 4.94. The number of anilines is 1. The van der Waals surface area contributed by atoms with Crippen LogP contribution in [0.4, 0.5) is 9.80 Å². The van der Waals surface area contributed by atoms with Gasteiger partial charge in [0.05, 0.1) is 17.5 Å². The van der Waals surface area contributed by atoms with Crippen LogP contribution in [0.2, 0.25) is 0 Å². The Hall–Kier alpha value is -2.75. The molecule has 2 amide bonds. The number of nitrogens with zero attached hydrogens (tertiary/aromatic N) is 3. The lowest BCUT2D eigenvalue weighted by molar-refractivity contribution is 0.0715. The highest BCUT2D eigenvalue weighted by atomic mass is 32.1. The van der Waals surface area contributed by atoms with Gasteiger partial charge >= 0.3 is 6.09 Å². The molecule has 33 heavy (non-hydrogen) atoms. The van der Waals surface area contributed by atoms with Crippen LogP contribution in [0.15, 0.2) is 42.0 Å². The Bertz CT molecular complexity index is 1090. The molecule has 0 spiro atoms. The lowest BCUT2D eigenvalue weighted by Gasteiger charge is -2.39. The summed E-state index contributed by atoms with van der Waals surface area (Å²) in [6, 6.07) is 7.72. The third-order valence-electron chi connectivity index (χ3n) is 5.90. The molecule has 0 unspecified atom stereocenters. The molecule has 7 nitrogen and oxygen atoms in total. The normalized spacial score (nSPS) is 15.3. The van der Waals surface area contributed by atoms with Gasteiger partial charge in [-0.3, -0.25) is 14.7 Å². The van der Waals surface area contributed by atoms with Gasteiger partial charge in [-0.2, -0.15) is 0 Å². The van der Waals surface area contributed by atoms with Crippen molar-refractivity contribution >= 4 is 39.7 Å². The highest BCUT2D eigenvalue weighted by Gasteiger charge is 2.32. The van der Waals surface area contributed by atoms with Crippen LogP contribution in [0.3, 0.4) is 0 Å². The second-order valence-electron chi connectivity index (χ2n) is 7.86. The number of hydrogen-bond donors (Lipinski definition) is 1. The van der Waals surface area contributed by atoms with Crippen LogP contribution in [-0.2, 0) is 4.74 Å². The lowest BCUT2D eigenvalue weighted by atomic mass is 9.95. The molecule has 1 atom stereocenters. The Balaban J connectivity index is 1.66. The van der Waals surface area contributed by atoms with Crippen LogP contribution in [0.5, 0.6) is 0 Å². The number of carbonyl (C=O) groups is 2. The number of thiophene rings is 2. The summed E-state index contributed by atoms with van der Waals surface area (Å²) in [6.45, 7) is 9.01. The number of amides is 2. The second kappa shape index (κ2) is 10.5. The van der Waals surface area contributed by atoms with E-state index in [-0.39, 0.29) is 18.0 Å². The van der Waals surface area contributed by atoms with E-state index in [1.54, 1.807) is 28.6 Å². The molecular formula is C24H28N4O3S2. The van der Waals surface area contributed by atoms with Gasteiger partial charge in [-0.15, -0.1) is 22.7 Å². The summed E-state index contributed by atoms with van der Waals surface area (Å²) >= 11 is 3.04. The minimum atomic E-state index is -0.260. The second-order valence-corrected chi connectivity index (χ2v) is 10.0. The topological polar surface area (TPSA) is 74.8 Å². The van der Waals surface area contributed by atoms with Crippen molar-refractivity contribution in [1.29, 1.82) is 0 Å². The smallest absolute Gasteiger partial charge is 0.409 e. The van der Waals surface area contributed by atoms with Gasteiger partial charge in [-0.25, -0.2) is 4.79 Å². The van der Waals surface area contributed by atoms with Crippen molar-refractivity contribution < 1.29 is 14.3 Å². The molecule has 9 heteroatoms. The maximum atomic E-state index is 12.9. The van der Waals surface area contributed by atoms with Crippen molar-refractivity contribution in [3.63, 3.8) is 0 Å². The molecular weight excluding hydrogens is 456 g/mol. The van der Waals surface area contributed by atoms with E-state index in [1.165, 1.54) is 21.8 Å². The molecule has 1 aliphatic rings. The van der Waals surface area contributed by atoms with Crippen LogP contribution in [-0.4, -0.2) is 59.6 Å². The molecule has 4 heterocycles. The molecule has 3 aromatic heterocycles. The van der Waals surface area contributed by atoms with Gasteiger partial charge in [-0.1, -0.05) is 6.07 Å². The summed E-state index contributed by atoms with van der Waals surface area (Å²) in [5.74, 6) is -0.0897. The number of rotatable bonds is 6. The largest absolute Gasteiger partial charge is 0.450 e. The Morgan fingerprint density at radius 1 is 1.15 bits per heavy atom. The average molecular weight is 485 g/mol. The van der Waals surface area contributed by atoms with Crippen molar-refractivity contribution in [2.75, 3.05) is 38.1 Å². The van der Waals surface area contributed by atoms with Crippen molar-refractivity contribution in [3.05, 3.63) is 68.5 Å². The van der Waals surface area contributed by atoms with Crippen molar-refractivity contribution in [2.24, 2.45) is 0 Å². The minimum Gasteiger partial charge on any atom is -0.450 e. The Kier molecular flexibility index (Phi) is 7.42. The summed E-state index contributed by atoms with van der Waals surface area (Å²) in [5.41, 5.74) is 3.40. The number of aryl methyl sites for hydroxylation is 1. The molecule has 1 aliphatic heterocycles. The summed E-state index contributed by atoms with van der Waals surface area (Å²) < 4.78 is 5.18. The van der Waals surface area contributed by atoms with Crippen LogP contribution in [0.1, 0.15) is 44.2 Å². The quantitative estimate of drug-likeness (QED) is 0.537. The molecule has 3 aromatic rings. The SMILES string of the molecule is CCOC(=O)N1CCN([C@@H](c2ccncc2)c2c(NC(=O)c3cccs3)sc(C)c2C)CC1. The monoisotopic (exact) mass is 484 g/mol. The summed E-state index contributed by atoms with van der Waals surface area (Å²) in [7, 11) is 0. The average Bonchev–Trinajstić information content (AvgIpc) is 3.46. The van der Waals surface area contributed by atoms with Crippen LogP contribution < -0.4 is 5.32 Å². The van der Waals surface area contributed by atoms with E-state index in [0.717, 1.165) is 16.1 Å². The number of pyridine rings is 1. The third kappa shape index (κ3) is 5.10. The van der Waals surface area contributed by atoms with Crippen LogP contribution >= 0.6 is 22.7 Å². The molecule has 0 aliphatic carbocycles. The fraction of sp³-hybridized carbons (Fsp3) is 0.375. The first-order valence-corrected chi connectivity index (χ1v) is 12.7. The van der Waals surface area contributed by atoms with E-state index < -0.39 is 0 Å². The van der Waals surface area contributed by atoms with Gasteiger partial charge in [0, 0.05) is 49.0 Å². The fourth-order valence-corrected chi connectivity index (χ4v) is 5.83. The van der Waals surface area contributed by atoms with Crippen molar-refractivity contribution in [2.45, 2.75) is 26.8 Å². The molecule has 1 saturated heterocycles. The van der Waals surface area contributed by atoms with Gasteiger partial charge < -0.3 is 15.0 Å². The highest BCUT2D eigenvalue weighted by Crippen LogP contribution is 2.42. The molecule has 1 N–H and O–H groups in total.